The second-order valence-electron chi connectivity index (χ2n) is 7.82. The van der Waals surface area contributed by atoms with E-state index in [9.17, 15) is 4.79 Å². The predicted molar refractivity (Wildman–Crippen MR) is 105 cm³/mol. The molecular weight excluding hydrogens is 350 g/mol. The van der Waals surface area contributed by atoms with Crippen LogP contribution in [-0.2, 0) is 25.8 Å². The van der Waals surface area contributed by atoms with Crippen LogP contribution < -0.4 is 0 Å². The molecule has 2 heterocycles. The van der Waals surface area contributed by atoms with Gasteiger partial charge in [-0.15, -0.1) is 10.2 Å². The Kier molecular flexibility index (Phi) is 4.04. The van der Waals surface area contributed by atoms with Crippen molar-refractivity contribution in [2.45, 2.75) is 52.1 Å². The Morgan fingerprint density at radius 3 is 2.61 bits per heavy atom. The quantitative estimate of drug-likeness (QED) is 0.678. The number of hydrogen-bond acceptors (Lipinski definition) is 4. The molecule has 1 unspecified atom stereocenters. The summed E-state index contributed by atoms with van der Waals surface area (Å²) in [5.41, 5.74) is 7.13. The van der Waals surface area contributed by atoms with Gasteiger partial charge in [-0.2, -0.15) is 0 Å². The van der Waals surface area contributed by atoms with Crippen molar-refractivity contribution in [2.24, 2.45) is 0 Å². The highest BCUT2D eigenvalue weighted by molar-refractivity contribution is 5.96. The Bertz CT molecular complexity index is 1070. The van der Waals surface area contributed by atoms with Gasteiger partial charge in [0.05, 0.1) is 0 Å². The molecule has 142 valence electrons. The average molecular weight is 373 g/mol. The first-order valence-electron chi connectivity index (χ1n) is 9.91. The molecule has 2 aliphatic rings. The maximum absolute atomic E-state index is 13.7. The maximum Gasteiger partial charge on any atom is 0.255 e. The smallest absolute Gasteiger partial charge is 0.255 e. The highest BCUT2D eigenvalue weighted by Crippen LogP contribution is 2.36. The lowest BCUT2D eigenvalue weighted by Crippen LogP contribution is -2.39. The van der Waals surface area contributed by atoms with Gasteiger partial charge in [0.2, 0.25) is 11.8 Å². The molecule has 5 nitrogen and oxygen atoms in total. The Morgan fingerprint density at radius 2 is 1.82 bits per heavy atom. The molecule has 0 saturated heterocycles. The fourth-order valence-electron chi connectivity index (χ4n) is 4.64. The number of carbonyl (C=O) groups excluding carboxylic acids is 1. The van der Waals surface area contributed by atoms with Gasteiger partial charge in [0.15, 0.2) is 0 Å². The van der Waals surface area contributed by atoms with Gasteiger partial charge in [0.25, 0.3) is 5.91 Å². The highest BCUT2D eigenvalue weighted by Gasteiger charge is 2.36. The van der Waals surface area contributed by atoms with E-state index in [0.717, 1.165) is 24.8 Å². The third-order valence-corrected chi connectivity index (χ3v) is 6.09. The van der Waals surface area contributed by atoms with E-state index in [-0.39, 0.29) is 11.9 Å². The molecule has 1 aliphatic heterocycles. The molecule has 1 atom stereocenters. The fourth-order valence-corrected chi connectivity index (χ4v) is 4.64. The molecule has 0 N–H and O–H groups in total. The summed E-state index contributed by atoms with van der Waals surface area (Å²) in [4.78, 5) is 15.6. The van der Waals surface area contributed by atoms with Crippen LogP contribution in [0.5, 0.6) is 0 Å². The van der Waals surface area contributed by atoms with E-state index in [0.29, 0.717) is 24.7 Å². The van der Waals surface area contributed by atoms with E-state index >= 15 is 0 Å². The minimum atomic E-state index is -0.234. The molecule has 5 heteroatoms. The number of aromatic nitrogens is 2. The van der Waals surface area contributed by atoms with E-state index < -0.39 is 0 Å². The summed E-state index contributed by atoms with van der Waals surface area (Å²) in [5.74, 6) is 1.11. The van der Waals surface area contributed by atoms with Crippen molar-refractivity contribution >= 4 is 5.91 Å². The van der Waals surface area contributed by atoms with Crippen molar-refractivity contribution < 1.29 is 9.21 Å². The van der Waals surface area contributed by atoms with Gasteiger partial charge in [-0.1, -0.05) is 30.3 Å². The molecule has 0 bridgehead atoms. The lowest BCUT2D eigenvalue weighted by Gasteiger charge is -2.35. The van der Waals surface area contributed by atoms with Crippen LogP contribution in [0.2, 0.25) is 0 Å². The first-order valence-corrected chi connectivity index (χ1v) is 9.91. The average Bonchev–Trinajstić information content (AvgIpc) is 3.36. The molecule has 28 heavy (non-hydrogen) atoms. The molecule has 0 fully saturated rings. The van der Waals surface area contributed by atoms with Gasteiger partial charge in [0.1, 0.15) is 6.04 Å². The van der Waals surface area contributed by atoms with Gasteiger partial charge < -0.3 is 9.32 Å². The summed E-state index contributed by atoms with van der Waals surface area (Å²) >= 11 is 0. The molecule has 1 aromatic heterocycles. The van der Waals surface area contributed by atoms with Crippen LogP contribution in [0.4, 0.5) is 0 Å². The molecule has 0 spiro atoms. The van der Waals surface area contributed by atoms with Crippen molar-refractivity contribution in [3.63, 3.8) is 0 Å². The Morgan fingerprint density at radius 1 is 1.04 bits per heavy atom. The third-order valence-electron chi connectivity index (χ3n) is 6.09. The summed E-state index contributed by atoms with van der Waals surface area (Å²) in [7, 11) is 0. The molecule has 0 saturated carbocycles. The number of rotatable bonds is 2. The zero-order valence-corrected chi connectivity index (χ0v) is 16.2. The lowest BCUT2D eigenvalue weighted by atomic mass is 9.92. The minimum absolute atomic E-state index is 0.0634. The summed E-state index contributed by atoms with van der Waals surface area (Å²) < 4.78 is 5.75. The van der Waals surface area contributed by atoms with Crippen molar-refractivity contribution in [1.29, 1.82) is 0 Å². The lowest BCUT2D eigenvalue weighted by molar-refractivity contribution is 0.0601. The molecule has 1 amide bonds. The van der Waals surface area contributed by atoms with Gasteiger partial charge in [-0.3, -0.25) is 4.79 Å². The van der Waals surface area contributed by atoms with Gasteiger partial charge in [-0.05, 0) is 60.1 Å². The number of amides is 1. The van der Waals surface area contributed by atoms with Crippen molar-refractivity contribution in [2.75, 3.05) is 0 Å². The Labute approximate surface area is 164 Å². The van der Waals surface area contributed by atoms with Crippen molar-refractivity contribution in [3.05, 3.63) is 81.6 Å². The minimum Gasteiger partial charge on any atom is -0.423 e. The van der Waals surface area contributed by atoms with E-state index in [1.807, 2.05) is 23.1 Å². The first kappa shape index (κ1) is 17.2. The van der Waals surface area contributed by atoms with Crippen LogP contribution in [-0.4, -0.2) is 21.0 Å². The first-order chi connectivity index (χ1) is 13.6. The zero-order chi connectivity index (χ0) is 19.3. The standard InChI is InChI=1S/C23H23N3O2/c1-14-10-11-20(19-9-5-8-18(14)19)23(27)26-13-17-7-4-3-6-16(17)12-21(26)22-25-24-15(2)28-22/h3-4,6-7,10-11,21H,5,8-9,12-13H2,1-2H3. The van der Waals surface area contributed by atoms with E-state index in [2.05, 4.69) is 35.3 Å². The fraction of sp³-hybridized carbons (Fsp3) is 0.348. The van der Waals surface area contributed by atoms with Crippen LogP contribution in [0.3, 0.4) is 0 Å². The molecule has 1 aliphatic carbocycles. The third kappa shape index (κ3) is 2.73. The number of fused-ring (bicyclic) bond motifs is 2. The number of hydrogen-bond donors (Lipinski definition) is 0. The van der Waals surface area contributed by atoms with E-state index in [1.165, 1.54) is 27.8 Å². The van der Waals surface area contributed by atoms with Crippen LogP contribution >= 0.6 is 0 Å². The molecular formula is C23H23N3O2. The van der Waals surface area contributed by atoms with Crippen LogP contribution in [0.1, 0.15) is 62.4 Å². The summed E-state index contributed by atoms with van der Waals surface area (Å²) in [6.45, 7) is 4.48. The summed E-state index contributed by atoms with van der Waals surface area (Å²) in [6.07, 6.45) is 3.86. The molecule has 0 radical (unpaired) electrons. The topological polar surface area (TPSA) is 59.2 Å². The Balaban J connectivity index is 1.58. The molecule has 5 rings (SSSR count). The summed E-state index contributed by atoms with van der Waals surface area (Å²) in [5, 5.41) is 8.24. The number of nitrogens with zero attached hydrogens (tertiary/aromatic N) is 3. The zero-order valence-electron chi connectivity index (χ0n) is 16.2. The van der Waals surface area contributed by atoms with Crippen LogP contribution in [0, 0.1) is 13.8 Å². The predicted octanol–water partition coefficient (Wildman–Crippen LogP) is 4.11. The van der Waals surface area contributed by atoms with Crippen molar-refractivity contribution in [3.8, 4) is 0 Å². The van der Waals surface area contributed by atoms with Gasteiger partial charge in [0, 0.05) is 25.5 Å². The number of aryl methyl sites for hydroxylation is 2. The highest BCUT2D eigenvalue weighted by atomic mass is 16.4. The Hall–Kier alpha value is -2.95. The second kappa shape index (κ2) is 6.59. The molecule has 3 aromatic rings. The van der Waals surface area contributed by atoms with Crippen molar-refractivity contribution in [1.82, 2.24) is 15.1 Å². The van der Waals surface area contributed by atoms with Crippen LogP contribution in [0.15, 0.2) is 40.8 Å². The van der Waals surface area contributed by atoms with E-state index in [4.69, 9.17) is 4.42 Å². The SMILES string of the molecule is Cc1nnc(C2Cc3ccccc3CN2C(=O)c2ccc(C)c3c2CCC3)o1. The normalized spacial score (nSPS) is 18.1. The number of carbonyl (C=O) groups is 1. The molecule has 2 aromatic carbocycles. The number of benzene rings is 2. The van der Waals surface area contributed by atoms with Gasteiger partial charge in [-0.25, -0.2) is 0 Å². The van der Waals surface area contributed by atoms with E-state index in [1.54, 1.807) is 6.92 Å². The van der Waals surface area contributed by atoms with Crippen LogP contribution in [0.25, 0.3) is 0 Å². The summed E-state index contributed by atoms with van der Waals surface area (Å²) in [6, 6.07) is 12.1. The monoisotopic (exact) mass is 373 g/mol. The largest absolute Gasteiger partial charge is 0.423 e. The van der Waals surface area contributed by atoms with Gasteiger partial charge >= 0.3 is 0 Å². The second-order valence-corrected chi connectivity index (χ2v) is 7.82. The maximum atomic E-state index is 13.7.